The predicted molar refractivity (Wildman–Crippen MR) is 197 cm³/mol. The summed E-state index contributed by atoms with van der Waals surface area (Å²) in [6, 6.07) is 37.0. The van der Waals surface area contributed by atoms with Gasteiger partial charge in [-0.2, -0.15) is 0 Å². The molecule has 7 heteroatoms. The van der Waals surface area contributed by atoms with Gasteiger partial charge in [-0.05, 0) is 55.3 Å². The average molecular weight is 641 g/mol. The molecular weight excluding hydrogens is 612 g/mol. The van der Waals surface area contributed by atoms with Gasteiger partial charge in [0.1, 0.15) is 22.2 Å². The van der Waals surface area contributed by atoms with Gasteiger partial charge >= 0.3 is 0 Å². The number of methoxy groups -OCH3 is 2. The maximum atomic E-state index is 6.53. The monoisotopic (exact) mass is 640 g/mol. The molecule has 15 aromatic rings. The summed E-state index contributed by atoms with van der Waals surface area (Å²) in [5.74, 6) is 1.18. The normalized spacial score (nSPS) is 12.1. The highest BCUT2D eigenvalue weighted by molar-refractivity contribution is 6.12. The lowest BCUT2D eigenvalue weighted by atomic mass is 10.1. The predicted octanol–water partition coefficient (Wildman–Crippen LogP) is 10.4. The Hall–Kier alpha value is -6.60. The maximum absolute atomic E-state index is 6.53. The largest absolute Gasteiger partial charge is 0.492 e. The van der Waals surface area contributed by atoms with Crippen molar-refractivity contribution in [2.45, 2.75) is 0 Å². The third kappa shape index (κ3) is 4.58. The van der Waals surface area contributed by atoms with Crippen LogP contribution in [-0.2, 0) is 0 Å². The minimum Gasteiger partial charge on any atom is -0.492 e. The Labute approximate surface area is 278 Å². The second-order valence-electron chi connectivity index (χ2n) is 11.9. The van der Waals surface area contributed by atoms with Crippen molar-refractivity contribution in [2.75, 3.05) is 14.2 Å². The van der Waals surface area contributed by atoms with Crippen LogP contribution in [0.2, 0.25) is 0 Å². The number of benzene rings is 5. The third-order valence-electron chi connectivity index (χ3n) is 9.12. The van der Waals surface area contributed by atoms with E-state index in [9.17, 15) is 0 Å². The highest BCUT2D eigenvalue weighted by Crippen LogP contribution is 2.46. The highest BCUT2D eigenvalue weighted by atomic mass is 16.6. The number of hydrogen-bond acceptors (Lipinski definition) is 7. The van der Waals surface area contributed by atoms with E-state index in [0.717, 1.165) is 59.1 Å². The molecule has 0 N–H and O–H groups in total. The van der Waals surface area contributed by atoms with Gasteiger partial charge in [-0.15, -0.1) is 0 Å². The molecule has 0 unspecified atom stereocenters. The van der Waals surface area contributed by atoms with Crippen LogP contribution >= 0.6 is 0 Å². The molecule has 236 valence electrons. The van der Waals surface area contributed by atoms with Crippen LogP contribution in [0.1, 0.15) is 0 Å². The lowest BCUT2D eigenvalue weighted by molar-refractivity contribution is 0.316. The van der Waals surface area contributed by atoms with Crippen LogP contribution < -0.4 is 14.7 Å². The molecule has 0 saturated carbocycles. The van der Waals surface area contributed by atoms with Crippen molar-refractivity contribution in [2.24, 2.45) is 0 Å². The van der Waals surface area contributed by atoms with Crippen LogP contribution in [0.3, 0.4) is 0 Å². The van der Waals surface area contributed by atoms with Crippen LogP contribution in [0.5, 0.6) is 11.5 Å². The molecular formula is C42H28N2O5. The van der Waals surface area contributed by atoms with Crippen LogP contribution in [0, 0.1) is 0 Å². The second-order valence-corrected chi connectivity index (χ2v) is 11.9. The lowest BCUT2D eigenvalue weighted by Gasteiger charge is -2.06. The van der Waals surface area contributed by atoms with Gasteiger partial charge in [-0.1, -0.05) is 110 Å². The summed E-state index contributed by atoms with van der Waals surface area (Å²) in [7, 11) is 3.29. The number of nitrogens with zero attached hydrogens (tertiary/aromatic N) is 2. The van der Waals surface area contributed by atoms with Gasteiger partial charge in [-0.25, -0.2) is 4.63 Å². The summed E-state index contributed by atoms with van der Waals surface area (Å²) in [6.45, 7) is 3.95. The van der Waals surface area contributed by atoms with Crippen molar-refractivity contribution in [3.63, 3.8) is 0 Å². The van der Waals surface area contributed by atoms with Gasteiger partial charge in [0, 0.05) is 21.5 Å². The molecule has 0 aliphatic rings. The summed E-state index contributed by atoms with van der Waals surface area (Å²) < 4.78 is 30.2. The van der Waals surface area contributed by atoms with Crippen molar-refractivity contribution < 1.29 is 22.9 Å². The number of ether oxygens (including phenoxy) is 2. The van der Waals surface area contributed by atoms with E-state index in [1.807, 2.05) is 60.7 Å². The van der Waals surface area contributed by atoms with Crippen LogP contribution in [0.15, 0.2) is 135 Å². The Morgan fingerprint density at radius 1 is 0.551 bits per heavy atom. The topological polar surface area (TPSA) is 83.7 Å². The molecule has 7 nitrogen and oxygen atoms in total. The average Bonchev–Trinajstić information content (AvgIpc) is 3.92. The smallest absolute Gasteiger partial charge is 0.181 e. The van der Waals surface area contributed by atoms with Crippen molar-refractivity contribution in [1.82, 2.24) is 10.3 Å². The number of hydrogen-bond donors (Lipinski definition) is 0. The number of rotatable bonds is 3. The Morgan fingerprint density at radius 2 is 1.12 bits per heavy atom. The molecule has 0 aliphatic carbocycles. The molecule has 0 radical (unpaired) electrons. The van der Waals surface area contributed by atoms with E-state index in [0.29, 0.717) is 44.9 Å². The Bertz CT molecular complexity index is 2900. The number of furan rings is 2. The fourth-order valence-corrected chi connectivity index (χ4v) is 6.72. The first kappa shape index (κ1) is 28.6. The molecule has 15 rings (SSSR count). The Balaban J connectivity index is 1.43. The number of allylic oxidation sites excluding steroid dienone is 1. The second kappa shape index (κ2) is 11.3. The minimum atomic E-state index is 0.591. The molecule has 5 aromatic carbocycles. The van der Waals surface area contributed by atoms with E-state index in [1.165, 1.54) is 0 Å². The van der Waals surface area contributed by atoms with Gasteiger partial charge in [0.2, 0.25) is 0 Å². The molecule has 49 heavy (non-hydrogen) atoms. The lowest BCUT2D eigenvalue weighted by Crippen LogP contribution is -1.98. The molecule has 0 aliphatic heterocycles. The van der Waals surface area contributed by atoms with Crippen molar-refractivity contribution in [3.8, 4) is 11.5 Å². The van der Waals surface area contributed by atoms with Crippen molar-refractivity contribution in [3.05, 3.63) is 127 Å². The van der Waals surface area contributed by atoms with E-state index in [4.69, 9.17) is 22.9 Å². The molecule has 0 saturated heterocycles. The molecule has 14 bridgehead atoms. The van der Waals surface area contributed by atoms with Gasteiger partial charge < -0.3 is 18.3 Å². The zero-order valence-corrected chi connectivity index (χ0v) is 26.7. The SMILES string of the molecule is C=C/C=c1\ccc2ccc(cc2)c2cc3c(OC)c4oc(cc4c(OC)c3o2)c2cccc(c2)c2ccc(cc2)c2ccc1c1nonc21. The van der Waals surface area contributed by atoms with Crippen LogP contribution in [-0.4, -0.2) is 24.5 Å². The van der Waals surface area contributed by atoms with E-state index >= 15 is 0 Å². The summed E-state index contributed by atoms with van der Waals surface area (Å²) in [6.07, 6.45) is 3.72. The quantitative estimate of drug-likeness (QED) is 0.190. The summed E-state index contributed by atoms with van der Waals surface area (Å²) in [5.41, 5.74) is 3.94. The fraction of sp³-hybridized carbons (Fsp3) is 0.0476. The van der Waals surface area contributed by atoms with E-state index in [1.54, 1.807) is 20.3 Å². The molecule has 0 atom stereocenters. The fourth-order valence-electron chi connectivity index (χ4n) is 6.72. The molecule has 0 amide bonds. The first-order chi connectivity index (χ1) is 24.1. The van der Waals surface area contributed by atoms with Gasteiger partial charge in [0.15, 0.2) is 22.7 Å². The maximum Gasteiger partial charge on any atom is 0.181 e. The van der Waals surface area contributed by atoms with E-state index in [-0.39, 0.29) is 0 Å². The van der Waals surface area contributed by atoms with Crippen LogP contribution in [0.4, 0.5) is 0 Å². The molecule has 0 fully saturated rings. The van der Waals surface area contributed by atoms with Crippen LogP contribution in [0.25, 0.3) is 93.3 Å². The van der Waals surface area contributed by atoms with Gasteiger partial charge in [0.05, 0.1) is 25.0 Å². The molecule has 10 heterocycles. The highest BCUT2D eigenvalue weighted by Gasteiger charge is 2.22. The summed E-state index contributed by atoms with van der Waals surface area (Å²) in [5, 5.41) is 18.9. The van der Waals surface area contributed by atoms with E-state index < -0.39 is 0 Å². The molecule has 10 aromatic heterocycles. The number of aromatic nitrogens is 2. The first-order valence-electron chi connectivity index (χ1n) is 15.8. The van der Waals surface area contributed by atoms with Gasteiger partial charge in [-0.3, -0.25) is 0 Å². The zero-order valence-electron chi connectivity index (χ0n) is 26.7. The first-order valence-corrected chi connectivity index (χ1v) is 15.8. The minimum absolute atomic E-state index is 0.591. The standard InChI is InChI=1S/C42H28N2O5/c1-4-6-26-12-9-24-10-13-28(14-11-24)35-22-33-39(45-2)42-34(40(46-3)41(33)47-35)23-36(48-42)30-8-5-7-29(21-30)25-15-17-27(18-16-25)32-20-19-31(26)37-38(32)44-49-43-37/h4-23H,1H2,2-3H3/b12-9?,26-6+. The Morgan fingerprint density at radius 3 is 1.80 bits per heavy atom. The molecule has 0 spiro atoms. The zero-order chi connectivity index (χ0) is 33.1. The van der Waals surface area contributed by atoms with Gasteiger partial charge in [0.25, 0.3) is 0 Å². The van der Waals surface area contributed by atoms with E-state index in [2.05, 4.69) is 71.5 Å². The third-order valence-corrected chi connectivity index (χ3v) is 9.12. The summed E-state index contributed by atoms with van der Waals surface area (Å²) in [4.78, 5) is 0. The Kier molecular flexibility index (Phi) is 6.59. The van der Waals surface area contributed by atoms with Crippen molar-refractivity contribution in [1.29, 1.82) is 0 Å². The summed E-state index contributed by atoms with van der Waals surface area (Å²) >= 11 is 0. The van der Waals surface area contributed by atoms with Crippen molar-refractivity contribution >= 4 is 93.3 Å².